The molecule has 3 aromatic carbocycles. The molecule has 0 unspecified atom stereocenters. The molecule has 43 heavy (non-hydrogen) atoms. The zero-order valence-electron chi connectivity index (χ0n) is 25.2. The van der Waals surface area contributed by atoms with Crippen LogP contribution in [0.15, 0.2) is 82.1 Å². The summed E-state index contributed by atoms with van der Waals surface area (Å²) >= 11 is 0. The van der Waals surface area contributed by atoms with Gasteiger partial charge in [-0.15, -0.1) is 0 Å². The van der Waals surface area contributed by atoms with Crippen LogP contribution in [-0.4, -0.2) is 32.9 Å². The number of hydrogen-bond acceptors (Lipinski definition) is 8. The molecule has 5 aromatic rings. The minimum absolute atomic E-state index is 0. The molecule has 9 nitrogen and oxygen atoms in total. The Kier molecular flexibility index (Phi) is 11.5. The molecule has 0 aliphatic heterocycles. The predicted octanol–water partition coefficient (Wildman–Crippen LogP) is 2.64. The zero-order valence-corrected chi connectivity index (χ0v) is 28.3. The summed E-state index contributed by atoms with van der Waals surface area (Å²) < 4.78 is 17.6. The molecule has 0 saturated heterocycles. The summed E-state index contributed by atoms with van der Waals surface area (Å²) in [6, 6.07) is 23.0. The van der Waals surface area contributed by atoms with Gasteiger partial charge in [0.25, 0.3) is 5.56 Å². The summed E-state index contributed by atoms with van der Waals surface area (Å²) in [5, 5.41) is 15.3. The molecule has 216 valence electrons. The van der Waals surface area contributed by atoms with Crippen LogP contribution in [0.25, 0.3) is 33.6 Å². The summed E-state index contributed by atoms with van der Waals surface area (Å²) in [4.78, 5) is 22.9. The molecule has 0 fully saturated rings. The summed E-state index contributed by atoms with van der Waals surface area (Å²) in [7, 11) is 1.61. The molecular formula is C33H33KN4O5. The van der Waals surface area contributed by atoms with E-state index in [1.807, 2.05) is 86.6 Å². The third-order valence-electron chi connectivity index (χ3n) is 6.77. The molecule has 10 heteroatoms. The smallest absolute Gasteiger partial charge is 0.528 e. The van der Waals surface area contributed by atoms with Crippen molar-refractivity contribution in [1.82, 2.24) is 19.7 Å². The quantitative estimate of drug-likeness (QED) is 0.212. The van der Waals surface area contributed by atoms with Crippen LogP contribution in [0.3, 0.4) is 0 Å². The molecular weight excluding hydrogens is 571 g/mol. The van der Waals surface area contributed by atoms with Gasteiger partial charge in [0.2, 0.25) is 0 Å². The zero-order chi connectivity index (χ0) is 29.6. The van der Waals surface area contributed by atoms with E-state index in [4.69, 9.17) is 14.5 Å². The fourth-order valence-corrected chi connectivity index (χ4v) is 4.95. The first-order chi connectivity index (χ1) is 20.4. The third-order valence-corrected chi connectivity index (χ3v) is 6.77. The Bertz CT molecular complexity index is 1710. The van der Waals surface area contributed by atoms with Crippen LogP contribution in [0.4, 0.5) is 0 Å². The van der Waals surface area contributed by atoms with Gasteiger partial charge in [-0.05, 0) is 54.7 Å². The summed E-state index contributed by atoms with van der Waals surface area (Å²) in [5.41, 5.74) is 5.23. The van der Waals surface area contributed by atoms with E-state index < -0.39 is 6.08 Å². The number of benzene rings is 3. The van der Waals surface area contributed by atoms with Gasteiger partial charge in [0.05, 0.1) is 30.5 Å². The standard InChI is InChI=1S/C33H34N4O5.K/c1-5-8-29-34-28(20-40-4)30(24-15-17-25(18-16-24)41-21(2)3)32(38)37(29)19-22-11-13-23(14-12-22)26-9-6-7-10-27(26)31-35-33(39)42-36-31;/h6-7,9-18,21H,5,8,19-20H2,1-4H3,(H,35,36,39);/q;+1/p-1. The van der Waals surface area contributed by atoms with E-state index in [1.165, 1.54) is 0 Å². The molecule has 0 saturated carbocycles. The van der Waals surface area contributed by atoms with Crippen LogP contribution in [0.2, 0.25) is 0 Å². The van der Waals surface area contributed by atoms with Crippen LogP contribution >= 0.6 is 0 Å². The number of hydrogen-bond donors (Lipinski definition) is 0. The van der Waals surface area contributed by atoms with Crippen LogP contribution in [0, 0.1) is 0 Å². The van der Waals surface area contributed by atoms with E-state index in [0.717, 1.165) is 40.2 Å². The van der Waals surface area contributed by atoms with Crippen molar-refractivity contribution in [2.45, 2.75) is 52.9 Å². The molecule has 2 aromatic heterocycles. The molecule has 0 spiro atoms. The first-order valence-electron chi connectivity index (χ1n) is 14.0. The molecule has 0 radical (unpaired) electrons. The number of nitrogens with zero attached hydrogens (tertiary/aromatic N) is 4. The molecule has 0 aliphatic rings. The van der Waals surface area contributed by atoms with Gasteiger partial charge in [0.15, 0.2) is 11.9 Å². The topological polar surface area (TPSA) is 115 Å². The van der Waals surface area contributed by atoms with Gasteiger partial charge in [0.1, 0.15) is 11.6 Å². The van der Waals surface area contributed by atoms with Gasteiger partial charge in [-0.2, -0.15) is 5.16 Å². The fourth-order valence-electron chi connectivity index (χ4n) is 4.95. The molecule has 0 bridgehead atoms. The van der Waals surface area contributed by atoms with E-state index in [-0.39, 0.29) is 75.5 Å². The molecule has 0 aliphatic carbocycles. The van der Waals surface area contributed by atoms with Crippen LogP contribution in [0.1, 0.15) is 44.3 Å². The van der Waals surface area contributed by atoms with Gasteiger partial charge in [-0.1, -0.05) is 67.6 Å². The van der Waals surface area contributed by atoms with E-state index in [0.29, 0.717) is 29.8 Å². The average molecular weight is 605 g/mol. The SMILES string of the molecule is CCCc1nc(COC)c(-c2ccc(OC(C)C)cc2)c(=O)n1Cc1ccc(-c2ccccc2-c2noc([O-])n2)cc1.[K+]. The van der Waals surface area contributed by atoms with E-state index in [9.17, 15) is 9.90 Å². The van der Waals surface area contributed by atoms with Crippen molar-refractivity contribution in [3.63, 3.8) is 0 Å². The first kappa shape index (κ1) is 32.8. The van der Waals surface area contributed by atoms with Gasteiger partial charge in [0, 0.05) is 19.1 Å². The van der Waals surface area contributed by atoms with E-state index in [1.54, 1.807) is 11.7 Å². The molecule has 5 rings (SSSR count). The predicted molar refractivity (Wildman–Crippen MR) is 158 cm³/mol. The largest absolute Gasteiger partial charge is 1.00 e. The van der Waals surface area contributed by atoms with Gasteiger partial charge >= 0.3 is 51.4 Å². The summed E-state index contributed by atoms with van der Waals surface area (Å²) in [6.45, 7) is 6.61. The number of aryl methyl sites for hydroxylation is 1. The van der Waals surface area contributed by atoms with Crippen LogP contribution in [-0.2, 0) is 24.3 Å². The van der Waals surface area contributed by atoms with Gasteiger partial charge in [-0.25, -0.2) is 9.97 Å². The number of ether oxygens (including phenoxy) is 2. The second-order valence-corrected chi connectivity index (χ2v) is 10.2. The molecule has 2 heterocycles. The molecule has 0 amide bonds. The Balaban J connectivity index is 0.00000423. The van der Waals surface area contributed by atoms with Crippen LogP contribution in [0.5, 0.6) is 11.8 Å². The van der Waals surface area contributed by atoms with E-state index in [2.05, 4.69) is 21.6 Å². The van der Waals surface area contributed by atoms with Gasteiger partial charge in [-0.3, -0.25) is 9.36 Å². The van der Waals surface area contributed by atoms with E-state index >= 15 is 0 Å². The Labute approximate surface area is 293 Å². The van der Waals surface area contributed by atoms with Gasteiger partial charge < -0.3 is 19.1 Å². The third kappa shape index (κ3) is 7.70. The van der Waals surface area contributed by atoms with Crippen molar-refractivity contribution < 1.29 is 70.5 Å². The van der Waals surface area contributed by atoms with Crippen molar-refractivity contribution in [3.05, 3.63) is 100 Å². The monoisotopic (exact) mass is 604 g/mol. The van der Waals surface area contributed by atoms with Crippen molar-refractivity contribution in [2.24, 2.45) is 0 Å². The maximum Gasteiger partial charge on any atom is 1.00 e. The average Bonchev–Trinajstić information content (AvgIpc) is 3.42. The molecule has 0 atom stereocenters. The summed E-state index contributed by atoms with van der Waals surface area (Å²) in [5.74, 6) is 1.71. The Morgan fingerprint density at radius 2 is 1.60 bits per heavy atom. The Morgan fingerprint density at radius 1 is 0.930 bits per heavy atom. The maximum absolute atomic E-state index is 14.1. The van der Waals surface area contributed by atoms with Crippen molar-refractivity contribution in [2.75, 3.05) is 7.11 Å². The number of rotatable bonds is 11. The first-order valence-corrected chi connectivity index (χ1v) is 14.0. The van der Waals surface area contributed by atoms with Crippen molar-refractivity contribution in [1.29, 1.82) is 0 Å². The van der Waals surface area contributed by atoms with Crippen molar-refractivity contribution >= 4 is 0 Å². The van der Waals surface area contributed by atoms with Crippen LogP contribution < -0.4 is 66.8 Å². The number of aromatic nitrogens is 4. The second-order valence-electron chi connectivity index (χ2n) is 10.2. The van der Waals surface area contributed by atoms with Crippen molar-refractivity contribution in [3.8, 4) is 45.5 Å². The number of methoxy groups -OCH3 is 1. The minimum atomic E-state index is -0.729. The Hall–Kier alpha value is -3.12. The fraction of sp³-hybridized carbons (Fsp3) is 0.273. The summed E-state index contributed by atoms with van der Waals surface area (Å²) in [6.07, 6.45) is 0.825. The molecule has 0 N–H and O–H groups in total. The minimum Gasteiger partial charge on any atom is -0.528 e. The second kappa shape index (κ2) is 15.0. The normalized spacial score (nSPS) is 11.0. The maximum atomic E-state index is 14.1. The Morgan fingerprint density at radius 3 is 2.21 bits per heavy atom.